The molecule has 1 amide bonds. The van der Waals surface area contributed by atoms with Gasteiger partial charge in [-0.1, -0.05) is 43.7 Å². The van der Waals surface area contributed by atoms with Crippen LogP contribution in [0.5, 0.6) is 0 Å². The molecule has 3 nitrogen and oxygen atoms in total. The number of carbonyl (C=O) groups excluding carboxylic acids is 1. The van der Waals surface area contributed by atoms with Gasteiger partial charge in [-0.15, -0.1) is 0 Å². The highest BCUT2D eigenvalue weighted by atomic mass is 16.5. The predicted octanol–water partition coefficient (Wildman–Crippen LogP) is 2.73. The Hall–Kier alpha value is -1.35. The van der Waals surface area contributed by atoms with Crippen molar-refractivity contribution in [1.82, 2.24) is 4.90 Å². The molecule has 17 heavy (non-hydrogen) atoms. The van der Waals surface area contributed by atoms with Crippen LogP contribution >= 0.6 is 0 Å². The monoisotopic (exact) mass is 233 g/mol. The van der Waals surface area contributed by atoms with Crippen molar-refractivity contribution in [3.8, 4) is 0 Å². The Morgan fingerprint density at radius 3 is 2.88 bits per heavy atom. The number of carbonyl (C=O) groups is 1. The normalized spacial score (nSPS) is 19.6. The molecule has 3 heteroatoms. The van der Waals surface area contributed by atoms with Crippen molar-refractivity contribution < 1.29 is 9.53 Å². The average molecular weight is 233 g/mol. The van der Waals surface area contributed by atoms with E-state index in [-0.39, 0.29) is 12.0 Å². The van der Waals surface area contributed by atoms with E-state index in [0.717, 1.165) is 18.4 Å². The van der Waals surface area contributed by atoms with Crippen LogP contribution in [0, 0.1) is 0 Å². The molecule has 0 aliphatic carbocycles. The van der Waals surface area contributed by atoms with Gasteiger partial charge in [0.2, 0.25) is 5.91 Å². The Labute approximate surface area is 102 Å². The van der Waals surface area contributed by atoms with Crippen molar-refractivity contribution in [1.29, 1.82) is 0 Å². The zero-order valence-corrected chi connectivity index (χ0v) is 10.3. The lowest BCUT2D eigenvalue weighted by Crippen LogP contribution is -2.28. The van der Waals surface area contributed by atoms with Gasteiger partial charge < -0.3 is 9.64 Å². The van der Waals surface area contributed by atoms with Crippen molar-refractivity contribution in [2.24, 2.45) is 0 Å². The molecule has 0 bridgehead atoms. The van der Waals surface area contributed by atoms with Crippen LogP contribution in [-0.4, -0.2) is 24.1 Å². The first-order chi connectivity index (χ1) is 8.31. The maximum Gasteiger partial charge on any atom is 0.224 e. The fourth-order valence-corrected chi connectivity index (χ4v) is 2.01. The van der Waals surface area contributed by atoms with Crippen molar-refractivity contribution >= 4 is 5.91 Å². The highest BCUT2D eigenvalue weighted by Gasteiger charge is 2.27. The van der Waals surface area contributed by atoms with E-state index in [1.165, 1.54) is 0 Å². The highest BCUT2D eigenvalue weighted by Crippen LogP contribution is 2.24. The lowest BCUT2D eigenvalue weighted by Gasteiger charge is -2.13. The molecule has 1 saturated heterocycles. The lowest BCUT2D eigenvalue weighted by molar-refractivity contribution is -0.131. The van der Waals surface area contributed by atoms with Crippen LogP contribution < -0.4 is 0 Å². The van der Waals surface area contributed by atoms with Gasteiger partial charge in [0.25, 0.3) is 0 Å². The first kappa shape index (κ1) is 12.1. The summed E-state index contributed by atoms with van der Waals surface area (Å²) in [5.74, 6) is 0.213. The van der Waals surface area contributed by atoms with Gasteiger partial charge in [-0.25, -0.2) is 0 Å². The van der Waals surface area contributed by atoms with Crippen LogP contribution in [0.4, 0.5) is 0 Å². The van der Waals surface area contributed by atoms with Gasteiger partial charge in [0.05, 0.1) is 6.54 Å². The molecule has 0 N–H and O–H groups in total. The minimum atomic E-state index is 0.0433. The topological polar surface area (TPSA) is 29.5 Å². The summed E-state index contributed by atoms with van der Waals surface area (Å²) in [5.41, 5.74) is 1.15. The second-order valence-electron chi connectivity index (χ2n) is 4.41. The van der Waals surface area contributed by atoms with Crippen molar-refractivity contribution in [3.63, 3.8) is 0 Å². The van der Waals surface area contributed by atoms with E-state index in [1.54, 1.807) is 0 Å². The third-order valence-corrected chi connectivity index (χ3v) is 3.09. The van der Waals surface area contributed by atoms with Crippen molar-refractivity contribution in [3.05, 3.63) is 35.9 Å². The number of rotatable bonds is 4. The number of benzene rings is 1. The molecular weight excluding hydrogens is 214 g/mol. The van der Waals surface area contributed by atoms with Crippen LogP contribution in [0.25, 0.3) is 0 Å². The van der Waals surface area contributed by atoms with Crippen LogP contribution in [0.2, 0.25) is 0 Å². The molecule has 0 saturated carbocycles. The summed E-state index contributed by atoms with van der Waals surface area (Å²) in [6.45, 7) is 3.22. The van der Waals surface area contributed by atoms with Gasteiger partial charge in [-0.3, -0.25) is 4.79 Å². The quantitative estimate of drug-likeness (QED) is 0.800. The summed E-state index contributed by atoms with van der Waals surface area (Å²) in [7, 11) is 0. The van der Waals surface area contributed by atoms with E-state index in [2.05, 4.69) is 6.92 Å². The summed E-state index contributed by atoms with van der Waals surface area (Å²) in [6, 6.07) is 10.1. The predicted molar refractivity (Wildman–Crippen MR) is 66.4 cm³/mol. The Balaban J connectivity index is 1.89. The van der Waals surface area contributed by atoms with E-state index in [1.807, 2.05) is 35.2 Å². The molecule has 1 aromatic rings. The third-order valence-electron chi connectivity index (χ3n) is 3.09. The van der Waals surface area contributed by atoms with Gasteiger partial charge in [-0.05, 0) is 12.0 Å². The molecule has 2 rings (SSSR count). The molecule has 1 unspecified atom stereocenters. The number of ether oxygens (including phenoxy) is 1. The largest absolute Gasteiger partial charge is 0.351 e. The van der Waals surface area contributed by atoms with Crippen molar-refractivity contribution in [2.45, 2.75) is 32.3 Å². The zero-order chi connectivity index (χ0) is 12.1. The molecule has 1 aliphatic heterocycles. The molecule has 1 heterocycles. The third kappa shape index (κ3) is 3.07. The summed E-state index contributed by atoms with van der Waals surface area (Å²) < 4.78 is 5.66. The maximum absolute atomic E-state index is 11.8. The van der Waals surface area contributed by atoms with Gasteiger partial charge in [0.1, 0.15) is 12.8 Å². The van der Waals surface area contributed by atoms with Gasteiger partial charge in [0, 0.05) is 6.42 Å². The first-order valence-corrected chi connectivity index (χ1v) is 6.25. The summed E-state index contributed by atoms with van der Waals surface area (Å²) in [4.78, 5) is 13.6. The molecule has 1 fully saturated rings. The molecule has 1 aromatic carbocycles. The molecule has 0 aromatic heterocycles. The maximum atomic E-state index is 11.8. The van der Waals surface area contributed by atoms with E-state index in [9.17, 15) is 4.79 Å². The number of nitrogens with zero attached hydrogens (tertiary/aromatic N) is 1. The molecule has 1 aliphatic rings. The van der Waals surface area contributed by atoms with Crippen LogP contribution in [0.15, 0.2) is 30.3 Å². The van der Waals surface area contributed by atoms with Crippen LogP contribution in [-0.2, 0) is 9.53 Å². The summed E-state index contributed by atoms with van der Waals surface area (Å²) in [5, 5.41) is 0. The Bertz CT molecular complexity index is 364. The molecule has 1 atom stereocenters. The van der Waals surface area contributed by atoms with E-state index in [0.29, 0.717) is 19.7 Å². The second kappa shape index (κ2) is 5.82. The average Bonchev–Trinajstić information content (AvgIpc) is 2.86. The highest BCUT2D eigenvalue weighted by molar-refractivity contribution is 5.76. The van der Waals surface area contributed by atoms with E-state index in [4.69, 9.17) is 4.74 Å². The lowest BCUT2D eigenvalue weighted by atomic mass is 10.1. The number of unbranched alkanes of at least 4 members (excludes halogenated alkanes) is 1. The number of hydrogen-bond acceptors (Lipinski definition) is 2. The van der Waals surface area contributed by atoms with Gasteiger partial charge in [0.15, 0.2) is 0 Å². The smallest absolute Gasteiger partial charge is 0.224 e. The van der Waals surface area contributed by atoms with Crippen LogP contribution in [0.3, 0.4) is 0 Å². The van der Waals surface area contributed by atoms with E-state index < -0.39 is 0 Å². The molecule has 92 valence electrons. The fourth-order valence-electron chi connectivity index (χ4n) is 2.01. The van der Waals surface area contributed by atoms with Gasteiger partial charge >= 0.3 is 0 Å². The van der Waals surface area contributed by atoms with Gasteiger partial charge in [-0.2, -0.15) is 0 Å². The Morgan fingerprint density at radius 1 is 1.41 bits per heavy atom. The SMILES string of the molecule is CCCCC(=O)N1COC(c2ccccc2)C1. The van der Waals surface area contributed by atoms with Crippen LogP contribution in [0.1, 0.15) is 37.9 Å². The zero-order valence-electron chi connectivity index (χ0n) is 10.3. The molecular formula is C14H19NO2. The fraction of sp³-hybridized carbons (Fsp3) is 0.500. The molecule has 0 radical (unpaired) electrons. The standard InChI is InChI=1S/C14H19NO2/c1-2-3-9-14(16)15-10-13(17-11-15)12-7-5-4-6-8-12/h4-8,13H,2-3,9-11H2,1H3. The van der Waals surface area contributed by atoms with E-state index >= 15 is 0 Å². The summed E-state index contributed by atoms with van der Waals surface area (Å²) in [6.07, 6.45) is 2.71. The first-order valence-electron chi connectivity index (χ1n) is 6.25. The minimum Gasteiger partial charge on any atom is -0.351 e. The molecule has 0 spiro atoms. The minimum absolute atomic E-state index is 0.0433. The number of hydrogen-bond donors (Lipinski definition) is 0. The Morgan fingerprint density at radius 2 is 2.18 bits per heavy atom. The van der Waals surface area contributed by atoms with Crippen molar-refractivity contribution in [2.75, 3.05) is 13.3 Å². The Kier molecular flexibility index (Phi) is 4.15. The number of amides is 1. The second-order valence-corrected chi connectivity index (χ2v) is 4.41. The summed E-state index contributed by atoms with van der Waals surface area (Å²) >= 11 is 0.